The van der Waals surface area contributed by atoms with Crippen molar-refractivity contribution in [2.45, 2.75) is 70.0 Å². The van der Waals surface area contributed by atoms with E-state index in [4.69, 9.17) is 28.4 Å². The third-order valence-electron chi connectivity index (χ3n) is 5.00. The molecule has 29 heavy (non-hydrogen) atoms. The lowest BCUT2D eigenvalue weighted by Gasteiger charge is -2.36. The predicted octanol–water partition coefficient (Wildman–Crippen LogP) is 1.81. The van der Waals surface area contributed by atoms with Crippen molar-refractivity contribution in [3.05, 3.63) is 29.8 Å². The second-order valence-corrected chi connectivity index (χ2v) is 8.12. The zero-order valence-electron chi connectivity index (χ0n) is 17.0. The highest BCUT2D eigenvalue weighted by Gasteiger charge is 2.62. The molecule has 5 atom stereocenters. The summed E-state index contributed by atoms with van der Waals surface area (Å²) in [6.07, 6.45) is -3.57. The van der Waals surface area contributed by atoms with E-state index < -0.39 is 54.2 Å². The normalized spacial score (nSPS) is 34.2. The Morgan fingerprint density at radius 3 is 2.28 bits per heavy atom. The van der Waals surface area contributed by atoms with Crippen LogP contribution in [0.3, 0.4) is 0 Å². The molecule has 3 saturated heterocycles. The Hall–Kier alpha value is -2.04. The number of esters is 1. The molecule has 4 rings (SSSR count). The Morgan fingerprint density at radius 1 is 0.931 bits per heavy atom. The van der Waals surface area contributed by atoms with Gasteiger partial charge in [0.25, 0.3) is 5.91 Å². The molecule has 1 amide bonds. The third-order valence-corrected chi connectivity index (χ3v) is 5.00. The summed E-state index contributed by atoms with van der Waals surface area (Å²) in [6, 6.07) is 6.57. The minimum Gasteiger partial charge on any atom is -0.465 e. The molecule has 9 nitrogen and oxygen atoms in total. The summed E-state index contributed by atoms with van der Waals surface area (Å²) in [5.41, 5.74) is 0.549. The zero-order chi connectivity index (χ0) is 21.0. The number of carbonyl (C=O) groups is 2. The van der Waals surface area contributed by atoms with Crippen LogP contribution >= 0.6 is 0 Å². The molecule has 3 heterocycles. The maximum absolute atomic E-state index is 13.1. The topological polar surface area (TPSA) is 102 Å². The van der Waals surface area contributed by atoms with Crippen LogP contribution in [0, 0.1) is 0 Å². The monoisotopic (exact) mass is 407 g/mol. The largest absolute Gasteiger partial charge is 0.465 e. The summed E-state index contributed by atoms with van der Waals surface area (Å²) < 4.78 is 34.4. The molecule has 0 spiro atoms. The van der Waals surface area contributed by atoms with Crippen molar-refractivity contribution in [1.82, 2.24) is 0 Å². The molecule has 3 aliphatic heterocycles. The van der Waals surface area contributed by atoms with Crippen LogP contribution in [-0.2, 0) is 33.2 Å². The van der Waals surface area contributed by atoms with Crippen LogP contribution in [0.4, 0.5) is 5.69 Å². The summed E-state index contributed by atoms with van der Waals surface area (Å²) in [7, 11) is 1.28. The van der Waals surface area contributed by atoms with E-state index in [1.807, 2.05) is 0 Å². The van der Waals surface area contributed by atoms with Gasteiger partial charge in [0, 0.05) is 0 Å². The van der Waals surface area contributed by atoms with E-state index in [1.54, 1.807) is 52.0 Å². The fraction of sp³-hybridized carbons (Fsp3) is 0.600. The van der Waals surface area contributed by atoms with E-state index in [0.29, 0.717) is 5.69 Å². The highest BCUT2D eigenvalue weighted by atomic mass is 16.9. The molecule has 1 aromatic rings. The molecule has 9 heteroatoms. The number of carbonyl (C=O) groups excluding carboxylic acids is 2. The first kappa shape index (κ1) is 20.2. The number of benzene rings is 1. The molecule has 0 saturated carbocycles. The first-order chi connectivity index (χ1) is 13.6. The van der Waals surface area contributed by atoms with Gasteiger partial charge in [0.15, 0.2) is 24.0 Å². The first-order valence-electron chi connectivity index (χ1n) is 9.45. The molecule has 0 aromatic heterocycles. The van der Waals surface area contributed by atoms with Gasteiger partial charge in [0.1, 0.15) is 18.3 Å². The van der Waals surface area contributed by atoms with Crippen molar-refractivity contribution in [2.24, 2.45) is 0 Å². The number of hydrogen-bond donors (Lipinski definition) is 1. The van der Waals surface area contributed by atoms with Gasteiger partial charge >= 0.3 is 5.97 Å². The number of nitrogens with one attached hydrogen (secondary N) is 1. The fourth-order valence-electron chi connectivity index (χ4n) is 3.91. The van der Waals surface area contributed by atoms with Crippen molar-refractivity contribution in [2.75, 3.05) is 12.4 Å². The molecule has 0 aliphatic carbocycles. The summed E-state index contributed by atoms with van der Waals surface area (Å²) in [5, 5.41) is 2.74. The van der Waals surface area contributed by atoms with Gasteiger partial charge in [-0.25, -0.2) is 4.79 Å². The van der Waals surface area contributed by atoms with Crippen LogP contribution < -0.4 is 5.32 Å². The van der Waals surface area contributed by atoms with Crippen LogP contribution in [0.2, 0.25) is 0 Å². The zero-order valence-corrected chi connectivity index (χ0v) is 17.0. The summed E-state index contributed by atoms with van der Waals surface area (Å²) in [4.78, 5) is 25.1. The Bertz CT molecular complexity index is 822. The number of methoxy groups -OCH3 is 1. The molecule has 3 fully saturated rings. The molecule has 0 radical (unpaired) electrons. The molecule has 1 aromatic carbocycles. The molecule has 3 aliphatic rings. The Balaban J connectivity index is 1.59. The van der Waals surface area contributed by atoms with Gasteiger partial charge in [-0.2, -0.15) is 0 Å². The van der Waals surface area contributed by atoms with Crippen molar-refractivity contribution >= 4 is 17.6 Å². The van der Waals surface area contributed by atoms with Crippen LogP contribution in [-0.4, -0.2) is 61.3 Å². The van der Waals surface area contributed by atoms with Gasteiger partial charge in [-0.3, -0.25) is 4.79 Å². The third kappa shape index (κ3) is 3.76. The van der Waals surface area contributed by atoms with Gasteiger partial charge in [0.05, 0.1) is 18.4 Å². The number of anilines is 1. The van der Waals surface area contributed by atoms with E-state index >= 15 is 0 Å². The van der Waals surface area contributed by atoms with Gasteiger partial charge in [-0.1, -0.05) is 12.1 Å². The van der Waals surface area contributed by atoms with E-state index in [-0.39, 0.29) is 5.56 Å². The van der Waals surface area contributed by atoms with Crippen molar-refractivity contribution in [3.63, 3.8) is 0 Å². The second kappa shape index (κ2) is 7.03. The molecule has 1 N–H and O–H groups in total. The van der Waals surface area contributed by atoms with E-state index in [0.717, 1.165) is 0 Å². The maximum atomic E-state index is 13.1. The average Bonchev–Trinajstić information content (AvgIpc) is 3.14. The van der Waals surface area contributed by atoms with Gasteiger partial charge < -0.3 is 33.7 Å². The number of ether oxygens (including phenoxy) is 6. The minimum absolute atomic E-state index is 0.235. The minimum atomic E-state index is -1.02. The molecule has 0 unspecified atom stereocenters. The lowest BCUT2D eigenvalue weighted by Crippen LogP contribution is -2.58. The van der Waals surface area contributed by atoms with Gasteiger partial charge in [0.2, 0.25) is 0 Å². The highest BCUT2D eigenvalue weighted by Crippen LogP contribution is 2.44. The van der Waals surface area contributed by atoms with Gasteiger partial charge in [-0.15, -0.1) is 0 Å². The van der Waals surface area contributed by atoms with E-state index in [1.165, 1.54) is 7.11 Å². The highest BCUT2D eigenvalue weighted by molar-refractivity contribution is 6.02. The molecular weight excluding hydrogens is 382 g/mol. The quantitative estimate of drug-likeness (QED) is 0.757. The lowest BCUT2D eigenvalue weighted by molar-refractivity contribution is -0.229. The smallest absolute Gasteiger partial charge is 0.339 e. The van der Waals surface area contributed by atoms with Crippen LogP contribution in [0.5, 0.6) is 0 Å². The maximum Gasteiger partial charge on any atom is 0.339 e. The number of amides is 1. The van der Waals surface area contributed by atoms with E-state index in [2.05, 4.69) is 5.32 Å². The number of hydrogen-bond acceptors (Lipinski definition) is 8. The van der Waals surface area contributed by atoms with E-state index in [9.17, 15) is 9.59 Å². The molecule has 0 bridgehead atoms. The Morgan fingerprint density at radius 2 is 1.55 bits per heavy atom. The van der Waals surface area contributed by atoms with Crippen molar-refractivity contribution in [3.8, 4) is 0 Å². The molecular formula is C20H25NO8. The second-order valence-electron chi connectivity index (χ2n) is 8.12. The van der Waals surface area contributed by atoms with Crippen LogP contribution in [0.25, 0.3) is 0 Å². The van der Waals surface area contributed by atoms with Crippen molar-refractivity contribution in [1.29, 1.82) is 0 Å². The average molecular weight is 407 g/mol. The first-order valence-corrected chi connectivity index (χ1v) is 9.45. The number of fused-ring (bicyclic) bond motifs is 3. The van der Waals surface area contributed by atoms with Crippen LogP contribution in [0.1, 0.15) is 38.1 Å². The fourth-order valence-corrected chi connectivity index (χ4v) is 3.91. The van der Waals surface area contributed by atoms with Crippen LogP contribution in [0.15, 0.2) is 24.3 Å². The SMILES string of the molecule is COC(=O)c1ccccc1NC(=O)[C@@H]1O[C@H]2OC(C)(C)O[C@@H]2[C@H]2OC(C)(C)O[C@@H]21. The Labute approximate surface area is 168 Å². The predicted molar refractivity (Wildman–Crippen MR) is 98.9 cm³/mol. The number of rotatable bonds is 3. The van der Waals surface area contributed by atoms with Crippen molar-refractivity contribution < 1.29 is 38.0 Å². The Kier molecular flexibility index (Phi) is 4.91. The molecule has 158 valence electrons. The lowest BCUT2D eigenvalue weighted by atomic mass is 9.98. The summed E-state index contributed by atoms with van der Waals surface area (Å²) in [5.74, 6) is -2.83. The summed E-state index contributed by atoms with van der Waals surface area (Å²) >= 11 is 0. The summed E-state index contributed by atoms with van der Waals surface area (Å²) in [6.45, 7) is 7.07. The van der Waals surface area contributed by atoms with Gasteiger partial charge in [-0.05, 0) is 39.8 Å². The standard InChI is InChI=1S/C20H25NO8/c1-19(2)26-12-13(27-19)15-18(29-20(3,4)28-15)25-14(12)16(22)21-11-9-7-6-8-10(11)17(23)24-5/h6-9,12-15,18H,1-5H3,(H,21,22)/t12-,13-,14+,15+,18-/m0/s1. The number of para-hydroxylation sites is 1.